The highest BCUT2D eigenvalue weighted by atomic mass is 16.6. The van der Waals surface area contributed by atoms with Crippen LogP contribution in [0.15, 0.2) is 37.2 Å². The summed E-state index contributed by atoms with van der Waals surface area (Å²) in [4.78, 5) is 27.8. The molecule has 29 heavy (non-hydrogen) atoms. The molecule has 10 heteroatoms. The SMILES string of the molecule is O=C1N2[C@@H](CC[C@H]2c2cnccn2)OC12CC(OCc1ccnc3nncn13)C2. The Balaban J connectivity index is 1.13. The fourth-order valence-electron chi connectivity index (χ4n) is 4.66. The molecule has 2 aliphatic heterocycles. The maximum Gasteiger partial charge on any atom is 0.257 e. The molecule has 3 aromatic rings. The number of ether oxygens (including phenoxy) is 2. The van der Waals surface area contributed by atoms with Crippen LogP contribution in [0.3, 0.4) is 0 Å². The number of fused-ring (bicyclic) bond motifs is 2. The lowest BCUT2D eigenvalue weighted by atomic mass is 9.76. The zero-order valence-electron chi connectivity index (χ0n) is 15.6. The molecule has 3 aromatic heterocycles. The van der Waals surface area contributed by atoms with E-state index >= 15 is 0 Å². The second-order valence-electron chi connectivity index (χ2n) is 7.78. The van der Waals surface area contributed by atoms with Crippen LogP contribution in [0, 0.1) is 0 Å². The Morgan fingerprint density at radius 1 is 1.21 bits per heavy atom. The van der Waals surface area contributed by atoms with Crippen molar-refractivity contribution in [2.24, 2.45) is 0 Å². The van der Waals surface area contributed by atoms with Crippen molar-refractivity contribution in [2.45, 2.75) is 56.3 Å². The molecule has 1 spiro atoms. The first-order chi connectivity index (χ1) is 14.2. The number of carbonyl (C=O) groups excluding carboxylic acids is 1. The number of nitrogens with zero attached hydrogens (tertiary/aromatic N) is 7. The first-order valence-electron chi connectivity index (χ1n) is 9.75. The summed E-state index contributed by atoms with van der Waals surface area (Å²) in [6, 6.07) is 1.82. The molecule has 0 bridgehead atoms. The Kier molecular flexibility index (Phi) is 3.65. The molecular weight excluding hydrogens is 374 g/mol. The Labute approximate surface area is 165 Å². The van der Waals surface area contributed by atoms with Gasteiger partial charge < -0.3 is 14.4 Å². The van der Waals surface area contributed by atoms with Crippen LogP contribution in [0.5, 0.6) is 0 Å². The summed E-state index contributed by atoms with van der Waals surface area (Å²) in [5, 5.41) is 7.81. The van der Waals surface area contributed by atoms with Gasteiger partial charge in [-0.1, -0.05) is 0 Å². The highest BCUT2D eigenvalue weighted by Crippen LogP contribution is 2.51. The molecule has 0 unspecified atom stereocenters. The Bertz CT molecular complexity index is 1070. The summed E-state index contributed by atoms with van der Waals surface area (Å²) >= 11 is 0. The molecule has 2 saturated heterocycles. The Hall–Kier alpha value is -2.98. The van der Waals surface area contributed by atoms with E-state index in [1.54, 1.807) is 35.5 Å². The lowest BCUT2D eigenvalue weighted by molar-refractivity contribution is -0.177. The molecule has 1 saturated carbocycles. The van der Waals surface area contributed by atoms with Gasteiger partial charge in [0.1, 0.15) is 12.6 Å². The summed E-state index contributed by atoms with van der Waals surface area (Å²) in [6.07, 6.45) is 11.0. The third-order valence-electron chi connectivity index (χ3n) is 6.12. The van der Waals surface area contributed by atoms with Crippen LogP contribution in [0.25, 0.3) is 5.78 Å². The zero-order valence-corrected chi connectivity index (χ0v) is 15.6. The third kappa shape index (κ3) is 2.56. The van der Waals surface area contributed by atoms with Crippen LogP contribution in [0.4, 0.5) is 0 Å². The van der Waals surface area contributed by atoms with Crippen molar-refractivity contribution in [2.75, 3.05) is 0 Å². The van der Waals surface area contributed by atoms with Gasteiger partial charge in [-0.3, -0.25) is 19.2 Å². The summed E-state index contributed by atoms with van der Waals surface area (Å²) < 4.78 is 14.1. The minimum atomic E-state index is -0.750. The van der Waals surface area contributed by atoms with Crippen LogP contribution in [0.2, 0.25) is 0 Å². The highest BCUT2D eigenvalue weighted by Gasteiger charge is 2.63. The molecule has 0 aromatic carbocycles. The largest absolute Gasteiger partial charge is 0.372 e. The standard InChI is InChI=1S/C19H19N7O3/c27-17-19(29-16-2-1-15(26(16)17)14-9-20-5-6-21-14)7-13(8-19)28-10-12-3-4-22-18-24-23-11-25(12)18/h3-6,9,11,13,15-16H,1-2,7-8,10H2/t13?,15-,16+,19?/m0/s1. The fourth-order valence-corrected chi connectivity index (χ4v) is 4.66. The van der Waals surface area contributed by atoms with Gasteiger partial charge in [0, 0.05) is 31.4 Å². The minimum absolute atomic E-state index is 0.0198. The summed E-state index contributed by atoms with van der Waals surface area (Å²) in [6.45, 7) is 0.404. The van der Waals surface area contributed by atoms with E-state index < -0.39 is 5.60 Å². The van der Waals surface area contributed by atoms with E-state index in [4.69, 9.17) is 9.47 Å². The number of amides is 1. The summed E-state index contributed by atoms with van der Waals surface area (Å²) in [5.74, 6) is 0.599. The molecule has 2 atom stereocenters. The number of hydrogen-bond donors (Lipinski definition) is 0. The van der Waals surface area contributed by atoms with E-state index in [1.165, 1.54) is 0 Å². The lowest BCUT2D eigenvalue weighted by Crippen LogP contribution is -2.54. The van der Waals surface area contributed by atoms with Crippen LogP contribution in [-0.2, 0) is 20.9 Å². The lowest BCUT2D eigenvalue weighted by Gasteiger charge is -2.42. The highest BCUT2D eigenvalue weighted by molar-refractivity contribution is 5.89. The monoisotopic (exact) mass is 393 g/mol. The van der Waals surface area contributed by atoms with Crippen LogP contribution >= 0.6 is 0 Å². The fraction of sp³-hybridized carbons (Fsp3) is 0.474. The molecule has 1 amide bonds. The van der Waals surface area contributed by atoms with E-state index in [0.717, 1.165) is 24.2 Å². The average molecular weight is 393 g/mol. The van der Waals surface area contributed by atoms with E-state index in [-0.39, 0.29) is 24.3 Å². The smallest absolute Gasteiger partial charge is 0.257 e. The molecular formula is C19H19N7O3. The second-order valence-corrected chi connectivity index (χ2v) is 7.78. The van der Waals surface area contributed by atoms with E-state index in [1.807, 2.05) is 11.0 Å². The quantitative estimate of drug-likeness (QED) is 0.647. The molecule has 148 valence electrons. The molecule has 3 aliphatic rings. The Morgan fingerprint density at radius 3 is 3.00 bits per heavy atom. The topological polar surface area (TPSA) is 108 Å². The van der Waals surface area contributed by atoms with Gasteiger partial charge in [-0.25, -0.2) is 4.98 Å². The van der Waals surface area contributed by atoms with Crippen molar-refractivity contribution in [1.82, 2.24) is 34.4 Å². The molecule has 0 N–H and O–H groups in total. The predicted molar refractivity (Wildman–Crippen MR) is 97.1 cm³/mol. The number of carbonyl (C=O) groups is 1. The molecule has 0 radical (unpaired) electrons. The van der Waals surface area contributed by atoms with E-state index in [9.17, 15) is 4.79 Å². The van der Waals surface area contributed by atoms with Crippen molar-refractivity contribution >= 4 is 11.7 Å². The molecule has 3 fully saturated rings. The van der Waals surface area contributed by atoms with Crippen molar-refractivity contribution in [3.05, 3.63) is 48.6 Å². The molecule has 5 heterocycles. The van der Waals surface area contributed by atoms with Crippen molar-refractivity contribution in [3.63, 3.8) is 0 Å². The van der Waals surface area contributed by atoms with Gasteiger partial charge in [-0.05, 0) is 18.9 Å². The Morgan fingerprint density at radius 2 is 2.14 bits per heavy atom. The van der Waals surface area contributed by atoms with Crippen molar-refractivity contribution in [1.29, 1.82) is 0 Å². The second kappa shape index (κ2) is 6.26. The minimum Gasteiger partial charge on any atom is -0.372 e. The zero-order chi connectivity index (χ0) is 19.4. The van der Waals surface area contributed by atoms with Gasteiger partial charge >= 0.3 is 0 Å². The van der Waals surface area contributed by atoms with Crippen LogP contribution in [-0.4, -0.2) is 58.3 Å². The van der Waals surface area contributed by atoms with Gasteiger partial charge in [0.2, 0.25) is 0 Å². The predicted octanol–water partition coefficient (Wildman–Crippen LogP) is 1.05. The van der Waals surface area contributed by atoms with Crippen molar-refractivity contribution < 1.29 is 14.3 Å². The van der Waals surface area contributed by atoms with Crippen molar-refractivity contribution in [3.8, 4) is 0 Å². The van der Waals surface area contributed by atoms with Gasteiger partial charge in [0.15, 0.2) is 5.60 Å². The molecule has 1 aliphatic carbocycles. The number of rotatable bonds is 4. The third-order valence-corrected chi connectivity index (χ3v) is 6.12. The molecule has 6 rings (SSSR count). The first kappa shape index (κ1) is 16.9. The summed E-state index contributed by atoms with van der Waals surface area (Å²) in [7, 11) is 0. The van der Waals surface area contributed by atoms with E-state index in [0.29, 0.717) is 25.2 Å². The normalized spacial score (nSPS) is 30.8. The number of hydrogen-bond acceptors (Lipinski definition) is 8. The average Bonchev–Trinajstić information content (AvgIpc) is 3.42. The van der Waals surface area contributed by atoms with Crippen LogP contribution in [0.1, 0.15) is 43.1 Å². The number of aromatic nitrogens is 6. The van der Waals surface area contributed by atoms with Crippen LogP contribution < -0.4 is 0 Å². The van der Waals surface area contributed by atoms with E-state index in [2.05, 4.69) is 25.1 Å². The first-order valence-corrected chi connectivity index (χ1v) is 9.75. The van der Waals surface area contributed by atoms with Gasteiger partial charge in [0.05, 0.1) is 36.3 Å². The van der Waals surface area contributed by atoms with Gasteiger partial charge in [-0.2, -0.15) is 0 Å². The summed E-state index contributed by atoms with van der Waals surface area (Å²) in [5.41, 5.74) is 0.995. The molecule has 10 nitrogen and oxygen atoms in total. The van der Waals surface area contributed by atoms with Gasteiger partial charge in [-0.15, -0.1) is 10.2 Å². The maximum atomic E-state index is 13.2. The maximum absolute atomic E-state index is 13.2. The van der Waals surface area contributed by atoms with Gasteiger partial charge in [0.25, 0.3) is 11.7 Å².